The fourth-order valence-electron chi connectivity index (χ4n) is 4.50. The van der Waals surface area contributed by atoms with E-state index in [9.17, 15) is 14.4 Å². The number of anilines is 1. The minimum atomic E-state index is -1.12. The number of halogens is 1. The van der Waals surface area contributed by atoms with Gasteiger partial charge in [0.25, 0.3) is 5.91 Å². The van der Waals surface area contributed by atoms with Gasteiger partial charge in [0.15, 0.2) is 5.76 Å². The number of carbonyl (C=O) groups excluding carboxylic acids is 3. The number of benzene rings is 2. The highest BCUT2D eigenvalue weighted by molar-refractivity contribution is 6.04. The lowest BCUT2D eigenvalue weighted by molar-refractivity contribution is -0.126. The van der Waals surface area contributed by atoms with Crippen molar-refractivity contribution < 1.29 is 23.2 Å². The van der Waals surface area contributed by atoms with Crippen molar-refractivity contribution in [2.75, 3.05) is 11.4 Å². The molecule has 1 atom stereocenters. The Labute approximate surface area is 209 Å². The molecule has 188 valence electrons. The van der Waals surface area contributed by atoms with E-state index in [-0.39, 0.29) is 23.4 Å². The van der Waals surface area contributed by atoms with Gasteiger partial charge >= 0.3 is 0 Å². The zero-order valence-electron chi connectivity index (χ0n) is 20.2. The number of carbonyl (C=O) groups is 3. The van der Waals surface area contributed by atoms with E-state index in [1.807, 2.05) is 19.1 Å². The van der Waals surface area contributed by atoms with Gasteiger partial charge in [0, 0.05) is 6.04 Å². The van der Waals surface area contributed by atoms with Crippen LogP contribution in [0.15, 0.2) is 71.3 Å². The Bertz CT molecular complexity index is 1190. The highest BCUT2D eigenvalue weighted by Crippen LogP contribution is 2.31. The third-order valence-electron chi connectivity index (χ3n) is 6.44. The molecule has 3 aromatic rings. The summed E-state index contributed by atoms with van der Waals surface area (Å²) in [5, 5.41) is 5.57. The van der Waals surface area contributed by atoms with Crippen molar-refractivity contribution >= 4 is 23.4 Å². The fourth-order valence-corrected chi connectivity index (χ4v) is 4.50. The van der Waals surface area contributed by atoms with Crippen LogP contribution in [0.4, 0.5) is 10.1 Å². The number of hydrogen-bond donors (Lipinski definition) is 2. The average molecular weight is 492 g/mol. The number of aryl methyl sites for hydroxylation is 1. The Morgan fingerprint density at radius 1 is 1.03 bits per heavy atom. The van der Waals surface area contributed by atoms with Crippen molar-refractivity contribution in [2.45, 2.75) is 51.1 Å². The van der Waals surface area contributed by atoms with Crippen molar-refractivity contribution in [3.05, 3.63) is 89.6 Å². The van der Waals surface area contributed by atoms with Crippen LogP contribution < -0.4 is 15.5 Å². The van der Waals surface area contributed by atoms with Crippen LogP contribution in [0.1, 0.15) is 60.3 Å². The predicted molar refractivity (Wildman–Crippen MR) is 134 cm³/mol. The Morgan fingerprint density at radius 3 is 2.39 bits per heavy atom. The van der Waals surface area contributed by atoms with Crippen LogP contribution >= 0.6 is 0 Å². The highest BCUT2D eigenvalue weighted by Gasteiger charge is 2.35. The highest BCUT2D eigenvalue weighted by atomic mass is 19.1. The maximum absolute atomic E-state index is 15.1. The molecule has 8 heteroatoms. The Hall–Kier alpha value is -3.94. The fraction of sp³-hybridized carbons (Fsp3) is 0.321. The summed E-state index contributed by atoms with van der Waals surface area (Å²) in [4.78, 5) is 40.8. The van der Waals surface area contributed by atoms with E-state index in [4.69, 9.17) is 4.42 Å². The van der Waals surface area contributed by atoms with Gasteiger partial charge in [-0.3, -0.25) is 19.3 Å². The maximum Gasteiger partial charge on any atom is 0.287 e. The summed E-state index contributed by atoms with van der Waals surface area (Å²) in [7, 11) is 0. The molecule has 0 saturated heterocycles. The van der Waals surface area contributed by atoms with Gasteiger partial charge in [-0.05, 0) is 54.7 Å². The molecule has 2 aromatic carbocycles. The van der Waals surface area contributed by atoms with Crippen LogP contribution in [0, 0.1) is 5.82 Å². The largest absolute Gasteiger partial charge is 0.459 e. The quantitative estimate of drug-likeness (QED) is 0.460. The van der Waals surface area contributed by atoms with Crippen LogP contribution in [0.3, 0.4) is 0 Å². The van der Waals surface area contributed by atoms with E-state index in [0.29, 0.717) is 5.56 Å². The first-order valence-corrected chi connectivity index (χ1v) is 12.3. The first kappa shape index (κ1) is 25.2. The van der Waals surface area contributed by atoms with Crippen LogP contribution in [-0.2, 0) is 16.0 Å². The monoisotopic (exact) mass is 491 g/mol. The predicted octanol–water partition coefficient (Wildman–Crippen LogP) is 4.54. The van der Waals surface area contributed by atoms with Crippen molar-refractivity contribution in [1.29, 1.82) is 0 Å². The number of furan rings is 1. The molecule has 1 aromatic heterocycles. The van der Waals surface area contributed by atoms with Gasteiger partial charge in [-0.15, -0.1) is 0 Å². The molecule has 2 N–H and O–H groups in total. The van der Waals surface area contributed by atoms with Crippen molar-refractivity contribution in [3.63, 3.8) is 0 Å². The summed E-state index contributed by atoms with van der Waals surface area (Å²) in [6.07, 6.45) is 5.94. The molecule has 7 nitrogen and oxygen atoms in total. The second-order valence-corrected chi connectivity index (χ2v) is 8.86. The SMILES string of the molecule is CCc1ccc([C@@H](C(=O)NC2CCCC2)N(C(=O)CNC(=O)c2ccco2)c2ccccc2F)cc1. The van der Waals surface area contributed by atoms with Crippen molar-refractivity contribution in [1.82, 2.24) is 10.6 Å². The molecule has 1 saturated carbocycles. The molecule has 1 fully saturated rings. The minimum absolute atomic E-state index is 0.00569. The molecule has 0 radical (unpaired) electrons. The van der Waals surface area contributed by atoms with E-state index >= 15 is 4.39 Å². The molecular formula is C28H30FN3O4. The zero-order valence-corrected chi connectivity index (χ0v) is 20.2. The van der Waals surface area contributed by atoms with Gasteiger partial charge in [0.2, 0.25) is 11.8 Å². The van der Waals surface area contributed by atoms with E-state index in [0.717, 1.165) is 42.6 Å². The lowest BCUT2D eigenvalue weighted by atomic mass is 10.00. The molecule has 4 rings (SSSR count). The molecular weight excluding hydrogens is 461 g/mol. The van der Waals surface area contributed by atoms with Gasteiger partial charge < -0.3 is 15.1 Å². The molecule has 3 amide bonds. The molecule has 0 spiro atoms. The van der Waals surface area contributed by atoms with Crippen LogP contribution in [-0.4, -0.2) is 30.3 Å². The van der Waals surface area contributed by atoms with Crippen molar-refractivity contribution in [2.24, 2.45) is 0 Å². The molecule has 1 aliphatic carbocycles. The molecule has 1 aliphatic rings. The second kappa shape index (κ2) is 11.7. The Balaban J connectivity index is 1.70. The minimum Gasteiger partial charge on any atom is -0.459 e. The lowest BCUT2D eigenvalue weighted by Crippen LogP contribution is -2.49. The zero-order chi connectivity index (χ0) is 25.5. The first-order chi connectivity index (χ1) is 17.5. The van der Waals surface area contributed by atoms with Crippen LogP contribution in [0.25, 0.3) is 0 Å². The standard InChI is InChI=1S/C28H30FN3O4/c1-2-19-13-15-20(16-14-19)26(28(35)31-21-8-3-4-9-21)32(23-11-6-5-10-22(23)29)25(33)18-30-27(34)24-12-7-17-36-24/h5-7,10-17,21,26H,2-4,8-9,18H2,1H3,(H,30,34)(H,31,35)/t26-/m0/s1. The summed E-state index contributed by atoms with van der Waals surface area (Å²) < 4.78 is 20.1. The van der Waals surface area contributed by atoms with E-state index in [1.54, 1.807) is 24.3 Å². The lowest BCUT2D eigenvalue weighted by Gasteiger charge is -2.32. The van der Waals surface area contributed by atoms with Gasteiger partial charge in [0.05, 0.1) is 18.5 Å². The summed E-state index contributed by atoms with van der Waals surface area (Å²) in [5.41, 5.74) is 1.58. The molecule has 0 bridgehead atoms. The van der Waals surface area contributed by atoms with E-state index in [1.165, 1.54) is 30.5 Å². The normalized spacial score (nSPS) is 14.3. The van der Waals surface area contributed by atoms with Crippen LogP contribution in [0.2, 0.25) is 0 Å². The summed E-state index contributed by atoms with van der Waals surface area (Å²) in [6.45, 7) is 1.57. The number of nitrogens with one attached hydrogen (secondary N) is 2. The van der Waals surface area contributed by atoms with Gasteiger partial charge in [0.1, 0.15) is 11.9 Å². The number of hydrogen-bond acceptors (Lipinski definition) is 4. The number of para-hydroxylation sites is 1. The van der Waals surface area contributed by atoms with Gasteiger partial charge in [-0.2, -0.15) is 0 Å². The van der Waals surface area contributed by atoms with Gasteiger partial charge in [-0.25, -0.2) is 4.39 Å². The first-order valence-electron chi connectivity index (χ1n) is 12.3. The molecule has 36 heavy (non-hydrogen) atoms. The Morgan fingerprint density at radius 2 is 1.75 bits per heavy atom. The Kier molecular flexibility index (Phi) is 8.15. The van der Waals surface area contributed by atoms with E-state index in [2.05, 4.69) is 10.6 Å². The summed E-state index contributed by atoms with van der Waals surface area (Å²) >= 11 is 0. The molecule has 0 unspecified atom stereocenters. The van der Waals surface area contributed by atoms with Crippen LogP contribution in [0.5, 0.6) is 0 Å². The third-order valence-corrected chi connectivity index (χ3v) is 6.44. The summed E-state index contributed by atoms with van der Waals surface area (Å²) in [6, 6.07) is 15.1. The maximum atomic E-state index is 15.1. The number of amides is 3. The third kappa shape index (κ3) is 5.82. The summed E-state index contributed by atoms with van der Waals surface area (Å²) in [5.74, 6) is -2.20. The average Bonchev–Trinajstić information content (AvgIpc) is 3.61. The van der Waals surface area contributed by atoms with Gasteiger partial charge in [-0.1, -0.05) is 56.2 Å². The molecule has 0 aliphatic heterocycles. The smallest absolute Gasteiger partial charge is 0.287 e. The van der Waals surface area contributed by atoms with E-state index < -0.39 is 30.2 Å². The molecule has 1 heterocycles. The van der Waals surface area contributed by atoms with Crippen molar-refractivity contribution in [3.8, 4) is 0 Å². The number of nitrogens with zero attached hydrogens (tertiary/aromatic N) is 1. The second-order valence-electron chi connectivity index (χ2n) is 8.86. The number of rotatable bonds is 9. The topological polar surface area (TPSA) is 91.7 Å².